The third kappa shape index (κ3) is 1.70. The number of methoxy groups -OCH3 is 1. The Balaban J connectivity index is 2.07. The highest BCUT2D eigenvalue weighted by atomic mass is 16.5. The maximum Gasteiger partial charge on any atom is 0.136 e. The van der Waals surface area contributed by atoms with Gasteiger partial charge in [0.1, 0.15) is 11.6 Å². The van der Waals surface area contributed by atoms with E-state index >= 15 is 0 Å². The predicted octanol–water partition coefficient (Wildman–Crippen LogP) is 1.39. The average molecular weight is 229 g/mol. The molecule has 3 rings (SSSR count). The summed E-state index contributed by atoms with van der Waals surface area (Å²) < 4.78 is 5.23. The molecule has 0 radical (unpaired) electrons. The maximum absolute atomic E-state index is 5.81. The molecule has 0 bridgehead atoms. The molecule has 1 aromatic heterocycles. The molecule has 2 heterocycles. The Morgan fingerprint density at radius 1 is 1.35 bits per heavy atom. The molecule has 1 aliphatic rings. The van der Waals surface area contributed by atoms with Crippen LogP contribution < -0.4 is 15.4 Å². The average Bonchev–Trinajstić information content (AvgIpc) is 2.33. The zero-order chi connectivity index (χ0) is 11.8. The molecule has 0 unspecified atom stereocenters. The van der Waals surface area contributed by atoms with Gasteiger partial charge in [-0.1, -0.05) is 0 Å². The summed E-state index contributed by atoms with van der Waals surface area (Å²) in [5, 5.41) is 2.30. The van der Waals surface area contributed by atoms with Crippen LogP contribution in [0.15, 0.2) is 30.5 Å². The van der Waals surface area contributed by atoms with Gasteiger partial charge >= 0.3 is 0 Å². The molecule has 88 valence electrons. The highest BCUT2D eigenvalue weighted by Gasteiger charge is 2.25. The zero-order valence-corrected chi connectivity index (χ0v) is 9.76. The summed E-state index contributed by atoms with van der Waals surface area (Å²) in [6.07, 6.45) is 1.83. The van der Waals surface area contributed by atoms with Gasteiger partial charge in [0.15, 0.2) is 0 Å². The predicted molar refractivity (Wildman–Crippen MR) is 68.5 cm³/mol. The summed E-state index contributed by atoms with van der Waals surface area (Å²) in [7, 11) is 1.68. The molecule has 4 heteroatoms. The van der Waals surface area contributed by atoms with E-state index in [0.29, 0.717) is 0 Å². The minimum absolute atomic E-state index is 0.283. The fourth-order valence-corrected chi connectivity index (χ4v) is 2.20. The number of aromatic nitrogens is 1. The van der Waals surface area contributed by atoms with E-state index in [0.717, 1.165) is 35.4 Å². The van der Waals surface area contributed by atoms with Crippen LogP contribution in [0.2, 0.25) is 0 Å². The molecular weight excluding hydrogens is 214 g/mol. The summed E-state index contributed by atoms with van der Waals surface area (Å²) in [5.74, 6) is 1.89. The number of nitrogens with two attached hydrogens (primary N) is 1. The molecule has 0 saturated carbocycles. The SMILES string of the molecule is COc1ccc2c(N3CC(N)C3)nccc2c1. The number of hydrogen-bond donors (Lipinski definition) is 1. The lowest BCUT2D eigenvalue weighted by molar-refractivity contribution is 0.415. The van der Waals surface area contributed by atoms with Crippen molar-refractivity contribution in [3.05, 3.63) is 30.5 Å². The monoisotopic (exact) mass is 229 g/mol. The first-order chi connectivity index (χ1) is 8.28. The molecule has 1 fully saturated rings. The Morgan fingerprint density at radius 3 is 2.88 bits per heavy atom. The van der Waals surface area contributed by atoms with Crippen LogP contribution in [-0.2, 0) is 0 Å². The van der Waals surface area contributed by atoms with E-state index in [4.69, 9.17) is 10.5 Å². The number of benzene rings is 1. The lowest BCUT2D eigenvalue weighted by Gasteiger charge is -2.38. The first kappa shape index (κ1) is 10.4. The van der Waals surface area contributed by atoms with E-state index in [9.17, 15) is 0 Å². The van der Waals surface area contributed by atoms with E-state index < -0.39 is 0 Å². The number of rotatable bonds is 2. The smallest absolute Gasteiger partial charge is 0.136 e. The van der Waals surface area contributed by atoms with Crippen molar-refractivity contribution in [1.82, 2.24) is 4.98 Å². The molecule has 1 saturated heterocycles. The highest BCUT2D eigenvalue weighted by molar-refractivity contribution is 5.93. The fraction of sp³-hybridized carbons (Fsp3) is 0.308. The molecule has 0 spiro atoms. The van der Waals surface area contributed by atoms with Gasteiger partial charge in [-0.3, -0.25) is 0 Å². The number of anilines is 1. The number of pyridine rings is 1. The number of fused-ring (bicyclic) bond motifs is 1. The normalized spacial score (nSPS) is 16.0. The van der Waals surface area contributed by atoms with Gasteiger partial charge in [-0.2, -0.15) is 0 Å². The molecule has 0 aliphatic carbocycles. The minimum atomic E-state index is 0.283. The summed E-state index contributed by atoms with van der Waals surface area (Å²) in [6.45, 7) is 1.77. The lowest BCUT2D eigenvalue weighted by Crippen LogP contribution is -2.56. The van der Waals surface area contributed by atoms with Gasteiger partial charge in [0.25, 0.3) is 0 Å². The standard InChI is InChI=1S/C13H15N3O/c1-17-11-2-3-12-9(6-11)4-5-15-13(12)16-7-10(14)8-16/h2-6,10H,7-8,14H2,1H3. The molecule has 0 amide bonds. The Bertz CT molecular complexity index is 549. The highest BCUT2D eigenvalue weighted by Crippen LogP contribution is 2.29. The largest absolute Gasteiger partial charge is 0.497 e. The summed E-state index contributed by atoms with van der Waals surface area (Å²) in [6, 6.07) is 8.33. The number of ether oxygens (including phenoxy) is 1. The third-order valence-electron chi connectivity index (χ3n) is 3.16. The lowest BCUT2D eigenvalue weighted by atomic mass is 10.1. The second-order valence-electron chi connectivity index (χ2n) is 4.39. The van der Waals surface area contributed by atoms with Crippen molar-refractivity contribution in [1.29, 1.82) is 0 Å². The molecule has 1 aromatic carbocycles. The Labute approximate surface area is 100.0 Å². The minimum Gasteiger partial charge on any atom is -0.497 e. The maximum atomic E-state index is 5.81. The van der Waals surface area contributed by atoms with Gasteiger partial charge < -0.3 is 15.4 Å². The van der Waals surface area contributed by atoms with Gasteiger partial charge in [0.2, 0.25) is 0 Å². The van der Waals surface area contributed by atoms with E-state index in [-0.39, 0.29) is 6.04 Å². The Hall–Kier alpha value is -1.81. The van der Waals surface area contributed by atoms with E-state index in [2.05, 4.69) is 16.0 Å². The second-order valence-corrected chi connectivity index (χ2v) is 4.39. The second kappa shape index (κ2) is 3.89. The van der Waals surface area contributed by atoms with Gasteiger partial charge in [0.05, 0.1) is 7.11 Å². The Morgan fingerprint density at radius 2 is 2.18 bits per heavy atom. The van der Waals surface area contributed by atoms with Crippen molar-refractivity contribution in [3.8, 4) is 5.75 Å². The van der Waals surface area contributed by atoms with Crippen molar-refractivity contribution < 1.29 is 4.74 Å². The topological polar surface area (TPSA) is 51.4 Å². The van der Waals surface area contributed by atoms with Crippen molar-refractivity contribution in [2.45, 2.75) is 6.04 Å². The molecular formula is C13H15N3O. The quantitative estimate of drug-likeness (QED) is 0.845. The van der Waals surface area contributed by atoms with E-state index in [1.165, 1.54) is 0 Å². The van der Waals surface area contributed by atoms with E-state index in [1.54, 1.807) is 7.11 Å². The van der Waals surface area contributed by atoms with Crippen LogP contribution in [0.1, 0.15) is 0 Å². The molecule has 2 aromatic rings. The van der Waals surface area contributed by atoms with Crippen LogP contribution in [0.4, 0.5) is 5.82 Å². The summed E-state index contributed by atoms with van der Waals surface area (Å²) in [4.78, 5) is 6.66. The Kier molecular flexibility index (Phi) is 2.37. The third-order valence-corrected chi connectivity index (χ3v) is 3.16. The van der Waals surface area contributed by atoms with Crippen LogP contribution in [0.3, 0.4) is 0 Å². The zero-order valence-electron chi connectivity index (χ0n) is 9.76. The molecule has 4 nitrogen and oxygen atoms in total. The van der Waals surface area contributed by atoms with Crippen LogP contribution in [0.25, 0.3) is 10.8 Å². The van der Waals surface area contributed by atoms with Crippen molar-refractivity contribution in [2.24, 2.45) is 5.73 Å². The van der Waals surface area contributed by atoms with Gasteiger partial charge in [-0.05, 0) is 29.7 Å². The summed E-state index contributed by atoms with van der Waals surface area (Å²) >= 11 is 0. The molecule has 2 N–H and O–H groups in total. The van der Waals surface area contributed by atoms with Gasteiger partial charge in [0, 0.05) is 30.7 Å². The molecule has 1 aliphatic heterocycles. The van der Waals surface area contributed by atoms with Crippen LogP contribution >= 0.6 is 0 Å². The van der Waals surface area contributed by atoms with E-state index in [1.807, 2.05) is 24.4 Å². The fourth-order valence-electron chi connectivity index (χ4n) is 2.20. The summed E-state index contributed by atoms with van der Waals surface area (Å²) in [5.41, 5.74) is 5.81. The van der Waals surface area contributed by atoms with Crippen molar-refractivity contribution in [2.75, 3.05) is 25.1 Å². The molecule has 0 atom stereocenters. The first-order valence-electron chi connectivity index (χ1n) is 5.71. The van der Waals surface area contributed by atoms with Crippen molar-refractivity contribution >= 4 is 16.6 Å². The number of nitrogens with zero attached hydrogens (tertiary/aromatic N) is 2. The van der Waals surface area contributed by atoms with Gasteiger partial charge in [-0.25, -0.2) is 4.98 Å². The van der Waals surface area contributed by atoms with Crippen molar-refractivity contribution in [3.63, 3.8) is 0 Å². The van der Waals surface area contributed by atoms with Gasteiger partial charge in [-0.15, -0.1) is 0 Å². The molecule has 17 heavy (non-hydrogen) atoms. The first-order valence-corrected chi connectivity index (χ1v) is 5.71. The van der Waals surface area contributed by atoms with Crippen LogP contribution in [0.5, 0.6) is 5.75 Å². The van der Waals surface area contributed by atoms with Crippen LogP contribution in [0, 0.1) is 0 Å². The van der Waals surface area contributed by atoms with Crippen LogP contribution in [-0.4, -0.2) is 31.2 Å². The number of hydrogen-bond acceptors (Lipinski definition) is 4.